The topological polar surface area (TPSA) is 35.5 Å². The molecule has 1 aromatic carbocycles. The Kier molecular flexibility index (Phi) is 2.90. The Hall–Kier alpha value is -1.51. The van der Waals surface area contributed by atoms with Crippen molar-refractivity contribution < 1.29 is 14.3 Å². The number of carbonyl (C=O) groups excluding carboxylic acids is 1. The number of hydrogen-bond acceptors (Lipinski definition) is 3. The van der Waals surface area contributed by atoms with Crippen LogP contribution in [0.1, 0.15) is 23.2 Å². The average Bonchev–Trinajstić information content (AvgIpc) is 3.09. The molecule has 80 valence electrons. The van der Waals surface area contributed by atoms with E-state index in [-0.39, 0.29) is 0 Å². The number of carbonyl (C=O) groups is 1. The zero-order valence-electron chi connectivity index (χ0n) is 8.73. The van der Waals surface area contributed by atoms with Gasteiger partial charge in [-0.05, 0) is 30.9 Å². The van der Waals surface area contributed by atoms with Crippen LogP contribution in [-0.4, -0.2) is 20.0 Å². The molecule has 0 bridgehead atoms. The molecule has 1 aliphatic carbocycles. The van der Waals surface area contributed by atoms with Crippen molar-refractivity contribution in [2.45, 2.75) is 12.8 Å². The van der Waals surface area contributed by atoms with Gasteiger partial charge in [-0.2, -0.15) is 0 Å². The lowest BCUT2D eigenvalue weighted by molar-refractivity contribution is 0.111. The Morgan fingerprint density at radius 3 is 2.87 bits per heavy atom. The van der Waals surface area contributed by atoms with E-state index in [1.165, 1.54) is 12.8 Å². The van der Waals surface area contributed by atoms with Crippen LogP contribution in [0.4, 0.5) is 0 Å². The van der Waals surface area contributed by atoms with Gasteiger partial charge in [-0.1, -0.05) is 0 Å². The molecule has 0 amide bonds. The van der Waals surface area contributed by atoms with Gasteiger partial charge < -0.3 is 9.47 Å². The van der Waals surface area contributed by atoms with Gasteiger partial charge in [0, 0.05) is 6.07 Å². The van der Waals surface area contributed by atoms with E-state index in [1.807, 2.05) is 0 Å². The van der Waals surface area contributed by atoms with Crippen LogP contribution in [0.15, 0.2) is 18.2 Å². The van der Waals surface area contributed by atoms with Crippen molar-refractivity contribution in [3.63, 3.8) is 0 Å². The van der Waals surface area contributed by atoms with Gasteiger partial charge in [0.1, 0.15) is 11.5 Å². The Morgan fingerprint density at radius 2 is 2.27 bits per heavy atom. The molecule has 0 aliphatic heterocycles. The van der Waals surface area contributed by atoms with Gasteiger partial charge in [0.05, 0.1) is 19.3 Å². The highest BCUT2D eigenvalue weighted by atomic mass is 16.5. The lowest BCUT2D eigenvalue weighted by Crippen LogP contribution is -2.01. The smallest absolute Gasteiger partial charge is 0.153 e. The van der Waals surface area contributed by atoms with Crippen molar-refractivity contribution >= 4 is 6.29 Å². The third-order valence-corrected chi connectivity index (χ3v) is 2.52. The van der Waals surface area contributed by atoms with E-state index >= 15 is 0 Å². The summed E-state index contributed by atoms with van der Waals surface area (Å²) in [6.07, 6.45) is 3.28. The molecule has 2 rings (SSSR count). The number of aldehydes is 1. The summed E-state index contributed by atoms with van der Waals surface area (Å²) >= 11 is 0. The highest BCUT2D eigenvalue weighted by Crippen LogP contribution is 2.31. The molecular formula is C12H14O3. The summed E-state index contributed by atoms with van der Waals surface area (Å²) in [4.78, 5) is 10.8. The van der Waals surface area contributed by atoms with Crippen molar-refractivity contribution in [3.8, 4) is 11.5 Å². The van der Waals surface area contributed by atoms with Crippen molar-refractivity contribution in [2.75, 3.05) is 13.7 Å². The Labute approximate surface area is 89.0 Å². The quantitative estimate of drug-likeness (QED) is 0.693. The summed E-state index contributed by atoms with van der Waals surface area (Å²) in [6, 6.07) is 5.23. The zero-order valence-corrected chi connectivity index (χ0v) is 8.73. The highest BCUT2D eigenvalue weighted by Gasteiger charge is 2.22. The Morgan fingerprint density at radius 1 is 1.47 bits per heavy atom. The molecule has 0 unspecified atom stereocenters. The van der Waals surface area contributed by atoms with Crippen LogP contribution in [0.5, 0.6) is 11.5 Å². The van der Waals surface area contributed by atoms with Crippen LogP contribution in [0.2, 0.25) is 0 Å². The third-order valence-electron chi connectivity index (χ3n) is 2.52. The first-order valence-electron chi connectivity index (χ1n) is 5.09. The molecule has 1 saturated carbocycles. The van der Waals surface area contributed by atoms with Gasteiger partial charge >= 0.3 is 0 Å². The summed E-state index contributed by atoms with van der Waals surface area (Å²) in [6.45, 7) is 0.702. The molecular weight excluding hydrogens is 192 g/mol. The van der Waals surface area contributed by atoms with Crippen LogP contribution in [-0.2, 0) is 0 Å². The molecule has 1 aliphatic rings. The van der Waals surface area contributed by atoms with E-state index in [0.29, 0.717) is 29.6 Å². The fourth-order valence-electron chi connectivity index (χ4n) is 1.36. The van der Waals surface area contributed by atoms with Gasteiger partial charge in [0.25, 0.3) is 0 Å². The maximum absolute atomic E-state index is 10.8. The minimum Gasteiger partial charge on any atom is -0.497 e. The van der Waals surface area contributed by atoms with Crippen LogP contribution in [0, 0.1) is 5.92 Å². The van der Waals surface area contributed by atoms with E-state index in [4.69, 9.17) is 9.47 Å². The van der Waals surface area contributed by atoms with Crippen molar-refractivity contribution in [1.82, 2.24) is 0 Å². The Bertz CT molecular complexity index is 356. The molecule has 0 spiro atoms. The first-order valence-corrected chi connectivity index (χ1v) is 5.09. The van der Waals surface area contributed by atoms with Crippen LogP contribution in [0.25, 0.3) is 0 Å². The van der Waals surface area contributed by atoms with Gasteiger partial charge in [0.15, 0.2) is 6.29 Å². The highest BCUT2D eigenvalue weighted by molar-refractivity contribution is 5.79. The summed E-state index contributed by atoms with van der Waals surface area (Å²) < 4.78 is 10.7. The van der Waals surface area contributed by atoms with E-state index in [9.17, 15) is 4.79 Å². The van der Waals surface area contributed by atoms with E-state index < -0.39 is 0 Å². The maximum Gasteiger partial charge on any atom is 0.153 e. The lowest BCUT2D eigenvalue weighted by atomic mass is 10.2. The first-order chi connectivity index (χ1) is 7.33. The van der Waals surface area contributed by atoms with Gasteiger partial charge in [-0.3, -0.25) is 4.79 Å². The summed E-state index contributed by atoms with van der Waals surface area (Å²) in [5.74, 6) is 2.01. The van der Waals surface area contributed by atoms with Crippen LogP contribution in [0.3, 0.4) is 0 Å². The van der Waals surface area contributed by atoms with Crippen molar-refractivity contribution in [2.24, 2.45) is 5.92 Å². The molecule has 0 aromatic heterocycles. The molecule has 1 aromatic rings. The molecule has 3 heteroatoms. The molecule has 0 atom stereocenters. The number of methoxy groups -OCH3 is 1. The van der Waals surface area contributed by atoms with Crippen molar-refractivity contribution in [3.05, 3.63) is 23.8 Å². The zero-order chi connectivity index (χ0) is 10.7. The summed E-state index contributed by atoms with van der Waals surface area (Å²) in [7, 11) is 1.60. The second kappa shape index (κ2) is 4.34. The molecule has 3 nitrogen and oxygen atoms in total. The number of rotatable bonds is 5. The monoisotopic (exact) mass is 206 g/mol. The average molecular weight is 206 g/mol. The fourth-order valence-corrected chi connectivity index (χ4v) is 1.36. The Balaban J connectivity index is 2.12. The minimum atomic E-state index is 0.580. The van der Waals surface area contributed by atoms with Crippen molar-refractivity contribution in [1.29, 1.82) is 0 Å². The third kappa shape index (κ3) is 2.49. The number of benzene rings is 1. The fraction of sp³-hybridized carbons (Fsp3) is 0.417. The number of ether oxygens (including phenoxy) is 2. The van der Waals surface area contributed by atoms with Crippen LogP contribution < -0.4 is 9.47 Å². The van der Waals surface area contributed by atoms with Gasteiger partial charge in [-0.25, -0.2) is 0 Å². The van der Waals surface area contributed by atoms with E-state index in [1.54, 1.807) is 25.3 Å². The van der Waals surface area contributed by atoms with Gasteiger partial charge in [-0.15, -0.1) is 0 Å². The second-order valence-electron chi connectivity index (χ2n) is 3.78. The predicted octanol–water partition coefficient (Wildman–Crippen LogP) is 2.30. The minimum absolute atomic E-state index is 0.580. The number of hydrogen-bond donors (Lipinski definition) is 0. The lowest BCUT2D eigenvalue weighted by Gasteiger charge is -2.09. The second-order valence-corrected chi connectivity index (χ2v) is 3.78. The first kappa shape index (κ1) is 10.0. The predicted molar refractivity (Wildman–Crippen MR) is 56.6 cm³/mol. The summed E-state index contributed by atoms with van der Waals surface area (Å²) in [5.41, 5.74) is 0.580. The SMILES string of the molecule is COc1ccc(C=O)c(OCC2CC2)c1. The molecule has 0 saturated heterocycles. The summed E-state index contributed by atoms with van der Waals surface area (Å²) in [5, 5.41) is 0. The molecule has 0 heterocycles. The molecule has 0 radical (unpaired) electrons. The van der Waals surface area contributed by atoms with E-state index in [0.717, 1.165) is 6.29 Å². The maximum atomic E-state index is 10.8. The molecule has 1 fully saturated rings. The normalized spacial score (nSPS) is 14.7. The molecule has 15 heavy (non-hydrogen) atoms. The van der Waals surface area contributed by atoms with Gasteiger partial charge in [0.2, 0.25) is 0 Å². The van der Waals surface area contributed by atoms with E-state index in [2.05, 4.69) is 0 Å². The standard InChI is InChI=1S/C12H14O3/c1-14-11-5-4-10(7-13)12(6-11)15-8-9-2-3-9/h4-7,9H,2-3,8H2,1H3. The largest absolute Gasteiger partial charge is 0.497 e. The molecule has 0 N–H and O–H groups in total. The van der Waals surface area contributed by atoms with Crippen LogP contribution >= 0.6 is 0 Å².